The van der Waals surface area contributed by atoms with Gasteiger partial charge in [-0.2, -0.15) is 0 Å². The third kappa shape index (κ3) is 9.43. The Bertz CT molecular complexity index is 179. The molecule has 15 heavy (non-hydrogen) atoms. The van der Waals surface area contributed by atoms with Crippen molar-refractivity contribution < 1.29 is 19.4 Å². The molecule has 0 aromatic rings. The van der Waals surface area contributed by atoms with E-state index in [9.17, 15) is 4.79 Å². The van der Waals surface area contributed by atoms with Gasteiger partial charge in [-0.3, -0.25) is 0 Å². The van der Waals surface area contributed by atoms with Crippen molar-refractivity contribution in [2.45, 2.75) is 32.3 Å². The van der Waals surface area contributed by atoms with Crippen LogP contribution in [0.25, 0.3) is 0 Å². The summed E-state index contributed by atoms with van der Waals surface area (Å²) in [5.74, 6) is -0.391. The van der Waals surface area contributed by atoms with E-state index in [1.54, 1.807) is 0 Å². The van der Waals surface area contributed by atoms with Crippen LogP contribution in [0.1, 0.15) is 26.2 Å². The van der Waals surface area contributed by atoms with Crippen molar-refractivity contribution in [3.8, 4) is 0 Å². The zero-order valence-electron chi connectivity index (χ0n) is 9.28. The molecule has 0 bridgehead atoms. The summed E-state index contributed by atoms with van der Waals surface area (Å²) in [5.41, 5.74) is 0. The highest BCUT2D eigenvalue weighted by atomic mass is 16.5. The van der Waals surface area contributed by atoms with Crippen molar-refractivity contribution in [2.24, 2.45) is 0 Å². The van der Waals surface area contributed by atoms with Crippen molar-refractivity contribution >= 4 is 5.97 Å². The Morgan fingerprint density at radius 3 is 2.73 bits per heavy atom. The third-order valence-electron chi connectivity index (χ3n) is 1.88. The van der Waals surface area contributed by atoms with Gasteiger partial charge in [-0.15, -0.1) is 0 Å². The third-order valence-corrected chi connectivity index (χ3v) is 1.88. The van der Waals surface area contributed by atoms with Crippen molar-refractivity contribution in [3.05, 3.63) is 12.7 Å². The minimum Gasteiger partial charge on any atom is -0.463 e. The van der Waals surface area contributed by atoms with Crippen LogP contribution in [0.3, 0.4) is 0 Å². The first kappa shape index (κ1) is 14.1. The lowest BCUT2D eigenvalue weighted by atomic mass is 10.3. The number of carbonyl (C=O) groups excluding carboxylic acids is 1. The Labute approximate surface area is 90.9 Å². The molecule has 0 saturated heterocycles. The fraction of sp³-hybridized carbons (Fsp3) is 0.727. The first-order valence-electron chi connectivity index (χ1n) is 5.25. The molecule has 0 aromatic heterocycles. The molecular formula is C11H20O4. The lowest BCUT2D eigenvalue weighted by Crippen LogP contribution is -2.14. The molecule has 0 aromatic carbocycles. The number of unbranched alkanes of at least 4 members (excludes halogenated alkanes) is 1. The maximum Gasteiger partial charge on any atom is 0.330 e. The van der Waals surface area contributed by atoms with E-state index in [0.29, 0.717) is 26.2 Å². The molecule has 1 atom stereocenters. The van der Waals surface area contributed by atoms with Crippen LogP contribution >= 0.6 is 0 Å². The van der Waals surface area contributed by atoms with Crippen molar-refractivity contribution in [3.63, 3.8) is 0 Å². The number of hydrogen-bond acceptors (Lipinski definition) is 4. The molecule has 0 spiro atoms. The first-order valence-corrected chi connectivity index (χ1v) is 5.25. The zero-order valence-corrected chi connectivity index (χ0v) is 9.28. The molecule has 0 aliphatic rings. The van der Waals surface area contributed by atoms with E-state index < -0.39 is 5.97 Å². The van der Waals surface area contributed by atoms with Crippen LogP contribution < -0.4 is 0 Å². The van der Waals surface area contributed by atoms with Crippen molar-refractivity contribution in [1.29, 1.82) is 0 Å². The fourth-order valence-electron chi connectivity index (χ4n) is 0.875. The minimum atomic E-state index is -0.391. The van der Waals surface area contributed by atoms with Crippen LogP contribution in [0, 0.1) is 0 Å². The highest BCUT2D eigenvalue weighted by Gasteiger charge is 2.00. The number of ether oxygens (including phenoxy) is 2. The average Bonchev–Trinajstić information content (AvgIpc) is 2.26. The highest BCUT2D eigenvalue weighted by molar-refractivity contribution is 5.81. The number of aliphatic hydroxyl groups is 1. The second kappa shape index (κ2) is 9.68. The molecule has 1 N–H and O–H groups in total. The van der Waals surface area contributed by atoms with E-state index in [0.717, 1.165) is 18.9 Å². The van der Waals surface area contributed by atoms with Crippen LogP contribution in [0.4, 0.5) is 0 Å². The Hall–Kier alpha value is -0.870. The summed E-state index contributed by atoms with van der Waals surface area (Å²) in [6.45, 7) is 6.55. The summed E-state index contributed by atoms with van der Waals surface area (Å²) < 4.78 is 9.99. The number of aliphatic hydroxyl groups excluding tert-OH is 1. The van der Waals surface area contributed by atoms with Gasteiger partial charge in [-0.1, -0.05) is 13.5 Å². The maximum atomic E-state index is 10.6. The normalized spacial score (nSPS) is 12.1. The Morgan fingerprint density at radius 2 is 2.13 bits per heavy atom. The summed E-state index contributed by atoms with van der Waals surface area (Å²) in [6, 6.07) is 0. The number of esters is 1. The molecule has 0 saturated carbocycles. The largest absolute Gasteiger partial charge is 0.463 e. The SMILES string of the molecule is C=CC(=O)OCCCCOCC(O)CC. The van der Waals surface area contributed by atoms with Gasteiger partial charge in [0.1, 0.15) is 0 Å². The van der Waals surface area contributed by atoms with Gasteiger partial charge in [0.05, 0.1) is 19.3 Å². The summed E-state index contributed by atoms with van der Waals surface area (Å²) >= 11 is 0. The average molecular weight is 216 g/mol. The van der Waals surface area contributed by atoms with E-state index >= 15 is 0 Å². The smallest absolute Gasteiger partial charge is 0.330 e. The van der Waals surface area contributed by atoms with E-state index in [-0.39, 0.29) is 6.10 Å². The molecule has 88 valence electrons. The van der Waals surface area contributed by atoms with Crippen LogP contribution in [-0.2, 0) is 14.3 Å². The van der Waals surface area contributed by atoms with Crippen molar-refractivity contribution in [2.75, 3.05) is 19.8 Å². The second-order valence-corrected chi connectivity index (χ2v) is 3.22. The van der Waals surface area contributed by atoms with Gasteiger partial charge in [0.2, 0.25) is 0 Å². The quantitative estimate of drug-likeness (QED) is 0.358. The van der Waals surface area contributed by atoms with E-state index in [2.05, 4.69) is 6.58 Å². The predicted octanol–water partition coefficient (Wildman–Crippen LogP) is 1.28. The number of hydrogen-bond donors (Lipinski definition) is 1. The maximum absolute atomic E-state index is 10.6. The summed E-state index contributed by atoms with van der Waals surface area (Å²) in [6.07, 6.45) is 3.07. The highest BCUT2D eigenvalue weighted by Crippen LogP contribution is 1.95. The lowest BCUT2D eigenvalue weighted by molar-refractivity contribution is -0.137. The van der Waals surface area contributed by atoms with E-state index in [4.69, 9.17) is 14.6 Å². The van der Waals surface area contributed by atoms with Crippen LogP contribution in [0.2, 0.25) is 0 Å². The molecule has 0 heterocycles. The Balaban J connectivity index is 3.11. The van der Waals surface area contributed by atoms with E-state index in [1.807, 2.05) is 6.92 Å². The second-order valence-electron chi connectivity index (χ2n) is 3.22. The number of carbonyl (C=O) groups is 1. The first-order chi connectivity index (χ1) is 7.20. The number of rotatable bonds is 9. The summed E-state index contributed by atoms with van der Waals surface area (Å²) in [5, 5.41) is 9.16. The van der Waals surface area contributed by atoms with Gasteiger partial charge >= 0.3 is 5.97 Å². The minimum absolute atomic E-state index is 0.372. The molecule has 4 heteroatoms. The Morgan fingerprint density at radius 1 is 1.47 bits per heavy atom. The molecule has 0 aliphatic carbocycles. The predicted molar refractivity (Wildman–Crippen MR) is 57.5 cm³/mol. The molecule has 0 aliphatic heterocycles. The molecule has 0 amide bonds. The molecule has 0 radical (unpaired) electrons. The van der Waals surface area contributed by atoms with Gasteiger partial charge in [0.25, 0.3) is 0 Å². The van der Waals surface area contributed by atoms with Gasteiger partial charge < -0.3 is 14.6 Å². The molecular weight excluding hydrogens is 196 g/mol. The topological polar surface area (TPSA) is 55.8 Å². The Kier molecular flexibility index (Phi) is 9.11. The standard InChI is InChI=1S/C11H20O4/c1-3-10(12)9-14-7-5-6-8-15-11(13)4-2/h4,10,12H,2-3,5-9H2,1H3. The van der Waals surface area contributed by atoms with E-state index in [1.165, 1.54) is 0 Å². The monoisotopic (exact) mass is 216 g/mol. The fourth-order valence-corrected chi connectivity index (χ4v) is 0.875. The zero-order chi connectivity index (χ0) is 11.5. The summed E-state index contributed by atoms with van der Waals surface area (Å²) in [4.78, 5) is 10.6. The molecule has 1 unspecified atom stereocenters. The van der Waals surface area contributed by atoms with Crippen LogP contribution in [-0.4, -0.2) is 37.0 Å². The van der Waals surface area contributed by atoms with Crippen LogP contribution in [0.5, 0.6) is 0 Å². The van der Waals surface area contributed by atoms with Crippen LogP contribution in [0.15, 0.2) is 12.7 Å². The van der Waals surface area contributed by atoms with Crippen molar-refractivity contribution in [1.82, 2.24) is 0 Å². The van der Waals surface area contributed by atoms with Gasteiger partial charge in [0, 0.05) is 12.7 Å². The molecule has 0 fully saturated rings. The van der Waals surface area contributed by atoms with Gasteiger partial charge in [0.15, 0.2) is 0 Å². The lowest BCUT2D eigenvalue weighted by Gasteiger charge is -2.08. The van der Waals surface area contributed by atoms with Gasteiger partial charge in [-0.25, -0.2) is 4.79 Å². The van der Waals surface area contributed by atoms with Gasteiger partial charge in [-0.05, 0) is 19.3 Å². The molecule has 4 nitrogen and oxygen atoms in total. The summed E-state index contributed by atoms with van der Waals surface area (Å²) in [7, 11) is 0. The molecule has 0 rings (SSSR count).